The van der Waals surface area contributed by atoms with Crippen LogP contribution in [0.1, 0.15) is 20.3 Å². The summed E-state index contributed by atoms with van der Waals surface area (Å²) in [6.07, 6.45) is -0.633. The molecule has 0 aromatic heterocycles. The zero-order chi connectivity index (χ0) is 25.3. The smallest absolute Gasteiger partial charge is 0.317 e. The van der Waals surface area contributed by atoms with Gasteiger partial charge >= 0.3 is 17.9 Å². The van der Waals surface area contributed by atoms with Gasteiger partial charge in [0.15, 0.2) is 12.1 Å². The van der Waals surface area contributed by atoms with Crippen molar-refractivity contribution < 1.29 is 44.3 Å². The topological polar surface area (TPSA) is 164 Å². The highest BCUT2D eigenvalue weighted by molar-refractivity contribution is 5.69. The molecular weight excluding hydrogens is 452 g/mol. The van der Waals surface area contributed by atoms with E-state index in [9.17, 15) is 34.8 Å². The van der Waals surface area contributed by atoms with Crippen LogP contribution in [0.15, 0.2) is 0 Å². The monoisotopic (exact) mass is 490 g/mol. The normalized spacial score (nSPS) is 27.3. The number of carboxylic acids is 3. The molecule has 0 bridgehead atoms. The summed E-state index contributed by atoms with van der Waals surface area (Å²) in [6, 6.07) is -0.411. The summed E-state index contributed by atoms with van der Waals surface area (Å²) in [5.74, 6) is -3.91. The van der Waals surface area contributed by atoms with E-state index >= 15 is 0 Å². The van der Waals surface area contributed by atoms with E-state index < -0.39 is 36.0 Å². The lowest BCUT2D eigenvalue weighted by molar-refractivity contribution is -0.275. The molecule has 13 heteroatoms. The third kappa shape index (κ3) is 10.2. The number of ether oxygens (including phenoxy) is 2. The number of hydrogen-bond donors (Lipinski definition) is 4. The van der Waals surface area contributed by atoms with Gasteiger partial charge in [-0.1, -0.05) is 0 Å². The van der Waals surface area contributed by atoms with Gasteiger partial charge in [-0.25, -0.2) is 0 Å². The van der Waals surface area contributed by atoms with E-state index in [0.717, 1.165) is 0 Å². The molecule has 13 nitrogen and oxygen atoms in total. The van der Waals surface area contributed by atoms with Crippen LogP contribution in [0.3, 0.4) is 0 Å². The summed E-state index contributed by atoms with van der Waals surface area (Å²) in [5.41, 5.74) is 0. The minimum atomic E-state index is -1.13. The molecule has 0 aromatic carbocycles. The second kappa shape index (κ2) is 13.3. The van der Waals surface area contributed by atoms with Gasteiger partial charge in [-0.05, 0) is 20.3 Å². The Kier molecular flexibility index (Phi) is 11.1. The van der Waals surface area contributed by atoms with E-state index in [1.807, 2.05) is 4.90 Å². The number of rotatable bonds is 7. The SMILES string of the molecule is CC1(C)OCCC(N2CCN(CC(=O)O)CCN(CC(=O)O)CCN(CC(=O)O)CC2)C(O)O1. The third-order valence-electron chi connectivity index (χ3n) is 6.01. The van der Waals surface area contributed by atoms with Crippen LogP contribution in [-0.2, 0) is 23.9 Å². The molecule has 2 aliphatic rings. The number of aliphatic hydroxyl groups is 1. The largest absolute Gasteiger partial charge is 0.480 e. The van der Waals surface area contributed by atoms with Crippen LogP contribution in [0.5, 0.6) is 0 Å². The van der Waals surface area contributed by atoms with Gasteiger partial charge in [0.1, 0.15) is 0 Å². The van der Waals surface area contributed by atoms with Crippen molar-refractivity contribution >= 4 is 17.9 Å². The zero-order valence-electron chi connectivity index (χ0n) is 20.0. The van der Waals surface area contributed by atoms with Gasteiger partial charge in [-0.15, -0.1) is 0 Å². The highest BCUT2D eigenvalue weighted by Gasteiger charge is 2.36. The van der Waals surface area contributed by atoms with Gasteiger partial charge in [0.05, 0.1) is 32.3 Å². The van der Waals surface area contributed by atoms with Crippen LogP contribution in [0.4, 0.5) is 0 Å². The summed E-state index contributed by atoms with van der Waals surface area (Å²) >= 11 is 0. The Morgan fingerprint density at radius 3 is 1.53 bits per heavy atom. The minimum absolute atomic E-state index is 0.195. The van der Waals surface area contributed by atoms with E-state index in [1.165, 1.54) is 0 Å². The maximum absolute atomic E-state index is 11.4. The molecule has 2 atom stereocenters. The Labute approximate surface area is 199 Å². The molecule has 2 saturated heterocycles. The van der Waals surface area contributed by atoms with Gasteiger partial charge in [-0.2, -0.15) is 0 Å². The molecule has 2 rings (SSSR count). The van der Waals surface area contributed by atoms with Crippen molar-refractivity contribution in [2.75, 3.05) is 78.6 Å². The Bertz CT molecular complexity index is 661. The lowest BCUT2D eigenvalue weighted by atomic mass is 10.1. The maximum atomic E-state index is 11.4. The molecule has 2 fully saturated rings. The van der Waals surface area contributed by atoms with Crippen LogP contribution < -0.4 is 0 Å². The van der Waals surface area contributed by atoms with E-state index in [1.54, 1.807) is 28.5 Å². The fourth-order valence-electron chi connectivity index (χ4n) is 4.27. The van der Waals surface area contributed by atoms with Crippen molar-refractivity contribution in [1.82, 2.24) is 19.6 Å². The lowest BCUT2D eigenvalue weighted by Gasteiger charge is -2.38. The summed E-state index contributed by atoms with van der Waals surface area (Å²) < 4.78 is 11.4. The standard InChI is InChI=1S/C21H38N4O9/c1-21(2)33-12-3-16(20(32)34-21)25-10-8-23(14-18(28)29)6-4-22(13-17(26)27)5-7-24(9-11-25)15-19(30)31/h16,20,32H,3-15H2,1-2H3,(H,26,27)(H,28,29)(H,30,31). The highest BCUT2D eigenvalue weighted by Crippen LogP contribution is 2.24. The van der Waals surface area contributed by atoms with E-state index in [2.05, 4.69) is 0 Å². The number of carboxylic acid groups (broad SMARTS) is 3. The molecule has 0 saturated carbocycles. The summed E-state index contributed by atoms with van der Waals surface area (Å²) in [5, 5.41) is 38.6. The maximum Gasteiger partial charge on any atom is 0.317 e. The van der Waals surface area contributed by atoms with Crippen LogP contribution >= 0.6 is 0 Å². The quantitative estimate of drug-likeness (QED) is 0.320. The van der Waals surface area contributed by atoms with Crippen LogP contribution in [0.25, 0.3) is 0 Å². The molecule has 0 aromatic rings. The lowest BCUT2D eigenvalue weighted by Crippen LogP contribution is -2.53. The number of hydrogen-bond acceptors (Lipinski definition) is 10. The van der Waals surface area contributed by atoms with Crippen molar-refractivity contribution in [3.63, 3.8) is 0 Å². The van der Waals surface area contributed by atoms with Crippen LogP contribution in [0.2, 0.25) is 0 Å². The first-order valence-corrected chi connectivity index (χ1v) is 11.5. The number of aliphatic carboxylic acids is 3. The Hall–Kier alpha value is -1.87. The molecule has 196 valence electrons. The van der Waals surface area contributed by atoms with E-state index in [-0.39, 0.29) is 19.6 Å². The second-order valence-corrected chi connectivity index (χ2v) is 9.16. The van der Waals surface area contributed by atoms with Gasteiger partial charge in [0.25, 0.3) is 0 Å². The Balaban J connectivity index is 2.22. The highest BCUT2D eigenvalue weighted by atomic mass is 16.7. The fourth-order valence-corrected chi connectivity index (χ4v) is 4.27. The average molecular weight is 491 g/mol. The molecule has 4 N–H and O–H groups in total. The summed E-state index contributed by atoms with van der Waals surface area (Å²) in [6.45, 7) is 6.13. The van der Waals surface area contributed by atoms with Crippen molar-refractivity contribution in [2.24, 2.45) is 0 Å². The first kappa shape index (κ1) is 28.4. The van der Waals surface area contributed by atoms with Crippen molar-refractivity contribution in [2.45, 2.75) is 38.4 Å². The van der Waals surface area contributed by atoms with E-state index in [0.29, 0.717) is 65.4 Å². The van der Waals surface area contributed by atoms with Crippen molar-refractivity contribution in [1.29, 1.82) is 0 Å². The molecule has 34 heavy (non-hydrogen) atoms. The number of aliphatic hydroxyl groups excluding tert-OH is 1. The number of carbonyl (C=O) groups is 3. The zero-order valence-corrected chi connectivity index (χ0v) is 20.0. The molecule has 0 amide bonds. The van der Waals surface area contributed by atoms with Gasteiger partial charge in [-0.3, -0.25) is 34.0 Å². The number of nitrogens with zero attached hydrogens (tertiary/aromatic N) is 4. The summed E-state index contributed by atoms with van der Waals surface area (Å²) in [7, 11) is 0. The Morgan fingerprint density at radius 1 is 0.765 bits per heavy atom. The Morgan fingerprint density at radius 2 is 1.15 bits per heavy atom. The summed E-state index contributed by atoms with van der Waals surface area (Å²) in [4.78, 5) is 41.2. The minimum Gasteiger partial charge on any atom is -0.480 e. The predicted molar refractivity (Wildman–Crippen MR) is 119 cm³/mol. The molecule has 2 heterocycles. The predicted octanol–water partition coefficient (Wildman–Crippen LogP) is -1.68. The molecular formula is C21H38N4O9. The third-order valence-corrected chi connectivity index (χ3v) is 6.01. The first-order chi connectivity index (χ1) is 15.9. The van der Waals surface area contributed by atoms with Gasteiger partial charge in [0.2, 0.25) is 0 Å². The fraction of sp³-hybridized carbons (Fsp3) is 0.857. The van der Waals surface area contributed by atoms with Gasteiger partial charge < -0.3 is 29.9 Å². The average Bonchev–Trinajstić information content (AvgIpc) is 2.83. The first-order valence-electron chi connectivity index (χ1n) is 11.5. The van der Waals surface area contributed by atoms with Crippen molar-refractivity contribution in [3.05, 3.63) is 0 Å². The van der Waals surface area contributed by atoms with Crippen LogP contribution in [-0.4, -0.2) is 155 Å². The van der Waals surface area contributed by atoms with Gasteiger partial charge in [0, 0.05) is 52.4 Å². The van der Waals surface area contributed by atoms with E-state index in [4.69, 9.17) is 9.47 Å². The molecule has 0 aliphatic carbocycles. The molecule has 0 spiro atoms. The van der Waals surface area contributed by atoms with Crippen LogP contribution in [0, 0.1) is 0 Å². The van der Waals surface area contributed by atoms with Crippen molar-refractivity contribution in [3.8, 4) is 0 Å². The second-order valence-electron chi connectivity index (χ2n) is 9.16. The molecule has 0 radical (unpaired) electrons. The molecule has 2 aliphatic heterocycles. The molecule has 2 unspecified atom stereocenters.